The van der Waals surface area contributed by atoms with Gasteiger partial charge in [-0.3, -0.25) is 4.68 Å². The molecule has 1 heterocycles. The number of hydrogen-bond donors (Lipinski definition) is 1. The Labute approximate surface area is 113 Å². The molecule has 4 heteroatoms. The summed E-state index contributed by atoms with van der Waals surface area (Å²) in [4.78, 5) is 0. The SMILES string of the molecule is CCCNC(c1ccccc1Cl)c1ccnn1C. The Morgan fingerprint density at radius 1 is 1.33 bits per heavy atom. The zero-order valence-electron chi connectivity index (χ0n) is 10.7. The third-order valence-corrected chi connectivity index (χ3v) is 3.31. The third-order valence-electron chi connectivity index (χ3n) is 2.97. The Hall–Kier alpha value is -1.32. The van der Waals surface area contributed by atoms with Crippen molar-refractivity contribution in [1.82, 2.24) is 15.1 Å². The fraction of sp³-hybridized carbons (Fsp3) is 0.357. The molecule has 1 aromatic carbocycles. The highest BCUT2D eigenvalue weighted by molar-refractivity contribution is 6.31. The standard InChI is InChI=1S/C14H18ClN3/c1-3-9-16-14(13-8-10-17-18(13)2)11-6-4-5-7-12(11)15/h4-8,10,14,16H,3,9H2,1-2H3. The van der Waals surface area contributed by atoms with Crippen LogP contribution in [0.25, 0.3) is 0 Å². The van der Waals surface area contributed by atoms with Crippen LogP contribution in [0.4, 0.5) is 0 Å². The maximum atomic E-state index is 6.30. The minimum Gasteiger partial charge on any atom is -0.305 e. The zero-order chi connectivity index (χ0) is 13.0. The zero-order valence-corrected chi connectivity index (χ0v) is 11.5. The highest BCUT2D eigenvalue weighted by Gasteiger charge is 2.18. The molecule has 1 aromatic heterocycles. The molecule has 0 spiro atoms. The van der Waals surface area contributed by atoms with Gasteiger partial charge in [0, 0.05) is 18.3 Å². The molecule has 0 fully saturated rings. The molecule has 0 radical (unpaired) electrons. The van der Waals surface area contributed by atoms with Crippen LogP contribution in [0.3, 0.4) is 0 Å². The van der Waals surface area contributed by atoms with E-state index >= 15 is 0 Å². The van der Waals surface area contributed by atoms with E-state index in [1.807, 2.05) is 42.2 Å². The Balaban J connectivity index is 2.37. The maximum Gasteiger partial charge on any atom is 0.0762 e. The van der Waals surface area contributed by atoms with Gasteiger partial charge in [0.15, 0.2) is 0 Å². The van der Waals surface area contributed by atoms with Gasteiger partial charge in [0.25, 0.3) is 0 Å². The van der Waals surface area contributed by atoms with Crippen molar-refractivity contribution in [3.05, 3.63) is 52.8 Å². The van der Waals surface area contributed by atoms with Gasteiger partial charge in [-0.2, -0.15) is 5.10 Å². The van der Waals surface area contributed by atoms with E-state index in [1.54, 1.807) is 0 Å². The molecule has 0 aliphatic carbocycles. The van der Waals surface area contributed by atoms with E-state index in [1.165, 1.54) is 0 Å². The molecular weight excluding hydrogens is 246 g/mol. The first-order chi connectivity index (χ1) is 8.74. The minimum absolute atomic E-state index is 0.0890. The maximum absolute atomic E-state index is 6.30. The Morgan fingerprint density at radius 3 is 2.72 bits per heavy atom. The van der Waals surface area contributed by atoms with Crippen LogP contribution in [0.5, 0.6) is 0 Å². The van der Waals surface area contributed by atoms with Gasteiger partial charge in [-0.05, 0) is 30.7 Å². The van der Waals surface area contributed by atoms with E-state index in [0.717, 1.165) is 29.2 Å². The van der Waals surface area contributed by atoms with Crippen LogP contribution in [-0.4, -0.2) is 16.3 Å². The number of hydrogen-bond acceptors (Lipinski definition) is 2. The molecule has 18 heavy (non-hydrogen) atoms. The lowest BCUT2D eigenvalue weighted by Gasteiger charge is -2.20. The first-order valence-electron chi connectivity index (χ1n) is 6.19. The van der Waals surface area contributed by atoms with Gasteiger partial charge in [0.05, 0.1) is 11.7 Å². The summed E-state index contributed by atoms with van der Waals surface area (Å²) >= 11 is 6.30. The van der Waals surface area contributed by atoms with Crippen LogP contribution in [0.1, 0.15) is 30.6 Å². The number of aryl methyl sites for hydroxylation is 1. The van der Waals surface area contributed by atoms with Crippen molar-refractivity contribution < 1.29 is 0 Å². The van der Waals surface area contributed by atoms with Gasteiger partial charge in [-0.1, -0.05) is 36.7 Å². The topological polar surface area (TPSA) is 29.9 Å². The predicted octanol–water partition coefficient (Wildman–Crippen LogP) is 3.16. The van der Waals surface area contributed by atoms with E-state index in [0.29, 0.717) is 0 Å². The molecule has 3 nitrogen and oxygen atoms in total. The highest BCUT2D eigenvalue weighted by atomic mass is 35.5. The summed E-state index contributed by atoms with van der Waals surface area (Å²) in [5.74, 6) is 0. The van der Waals surface area contributed by atoms with Crippen LogP contribution in [0, 0.1) is 0 Å². The summed E-state index contributed by atoms with van der Waals surface area (Å²) < 4.78 is 1.89. The van der Waals surface area contributed by atoms with Crippen molar-refractivity contribution in [2.24, 2.45) is 7.05 Å². The van der Waals surface area contributed by atoms with Gasteiger partial charge in [-0.25, -0.2) is 0 Å². The summed E-state index contributed by atoms with van der Waals surface area (Å²) in [5.41, 5.74) is 2.22. The van der Waals surface area contributed by atoms with Crippen LogP contribution in [0.2, 0.25) is 5.02 Å². The predicted molar refractivity (Wildman–Crippen MR) is 74.8 cm³/mol. The van der Waals surface area contributed by atoms with E-state index < -0.39 is 0 Å². The molecular formula is C14H18ClN3. The highest BCUT2D eigenvalue weighted by Crippen LogP contribution is 2.27. The molecule has 0 bridgehead atoms. The average Bonchev–Trinajstić information content (AvgIpc) is 2.78. The largest absolute Gasteiger partial charge is 0.305 e. The Kier molecular flexibility index (Phi) is 4.39. The van der Waals surface area contributed by atoms with Crippen molar-refractivity contribution in [1.29, 1.82) is 0 Å². The summed E-state index contributed by atoms with van der Waals surface area (Å²) in [5, 5.41) is 8.54. The summed E-state index contributed by atoms with van der Waals surface area (Å²) in [7, 11) is 1.95. The summed E-state index contributed by atoms with van der Waals surface area (Å²) in [6.45, 7) is 3.10. The normalized spacial score (nSPS) is 12.6. The summed E-state index contributed by atoms with van der Waals surface area (Å²) in [6, 6.07) is 10.1. The van der Waals surface area contributed by atoms with E-state index in [4.69, 9.17) is 11.6 Å². The number of nitrogens with one attached hydrogen (secondary N) is 1. The molecule has 1 atom stereocenters. The van der Waals surface area contributed by atoms with Crippen LogP contribution in [0.15, 0.2) is 36.5 Å². The third kappa shape index (κ3) is 2.74. The van der Waals surface area contributed by atoms with Crippen molar-refractivity contribution in [3.63, 3.8) is 0 Å². The second-order valence-corrected chi connectivity index (χ2v) is 4.70. The van der Waals surface area contributed by atoms with Crippen molar-refractivity contribution >= 4 is 11.6 Å². The van der Waals surface area contributed by atoms with Crippen molar-refractivity contribution in [2.45, 2.75) is 19.4 Å². The average molecular weight is 264 g/mol. The lowest BCUT2D eigenvalue weighted by atomic mass is 10.0. The summed E-state index contributed by atoms with van der Waals surface area (Å²) in [6.07, 6.45) is 2.89. The number of benzene rings is 1. The van der Waals surface area contributed by atoms with Crippen LogP contribution in [-0.2, 0) is 7.05 Å². The lowest BCUT2D eigenvalue weighted by molar-refractivity contribution is 0.554. The molecule has 0 saturated heterocycles. The second kappa shape index (κ2) is 6.03. The quantitative estimate of drug-likeness (QED) is 0.898. The molecule has 1 N–H and O–H groups in total. The van der Waals surface area contributed by atoms with Crippen LogP contribution < -0.4 is 5.32 Å². The number of halogens is 1. The molecule has 0 aliphatic heterocycles. The molecule has 2 rings (SSSR count). The van der Waals surface area contributed by atoms with Gasteiger partial charge < -0.3 is 5.32 Å². The fourth-order valence-corrected chi connectivity index (χ4v) is 2.28. The smallest absolute Gasteiger partial charge is 0.0762 e. The fourth-order valence-electron chi connectivity index (χ4n) is 2.04. The van der Waals surface area contributed by atoms with E-state index in [2.05, 4.69) is 23.4 Å². The van der Waals surface area contributed by atoms with Crippen LogP contribution >= 0.6 is 11.6 Å². The monoisotopic (exact) mass is 263 g/mol. The first kappa shape index (κ1) is 13.1. The van der Waals surface area contributed by atoms with Gasteiger partial charge in [-0.15, -0.1) is 0 Å². The van der Waals surface area contributed by atoms with E-state index in [9.17, 15) is 0 Å². The number of rotatable bonds is 5. The molecule has 0 amide bonds. The first-order valence-corrected chi connectivity index (χ1v) is 6.57. The van der Waals surface area contributed by atoms with Gasteiger partial charge in [0.1, 0.15) is 0 Å². The van der Waals surface area contributed by atoms with Gasteiger partial charge in [0.2, 0.25) is 0 Å². The van der Waals surface area contributed by atoms with E-state index in [-0.39, 0.29) is 6.04 Å². The molecule has 96 valence electrons. The minimum atomic E-state index is 0.0890. The second-order valence-electron chi connectivity index (χ2n) is 4.29. The number of nitrogens with zero attached hydrogens (tertiary/aromatic N) is 2. The molecule has 1 unspecified atom stereocenters. The van der Waals surface area contributed by atoms with Gasteiger partial charge >= 0.3 is 0 Å². The molecule has 0 aliphatic rings. The lowest BCUT2D eigenvalue weighted by Crippen LogP contribution is -2.25. The Morgan fingerprint density at radius 2 is 2.11 bits per heavy atom. The van der Waals surface area contributed by atoms with Crippen molar-refractivity contribution in [3.8, 4) is 0 Å². The van der Waals surface area contributed by atoms with Crippen molar-refractivity contribution in [2.75, 3.05) is 6.54 Å². The number of aromatic nitrogens is 2. The Bertz CT molecular complexity index is 507. The molecule has 2 aromatic rings. The molecule has 0 saturated carbocycles.